The molecule has 118 valence electrons. The number of benzene rings is 1. The fourth-order valence-electron chi connectivity index (χ4n) is 2.92. The Labute approximate surface area is 129 Å². The lowest BCUT2D eigenvalue weighted by Gasteiger charge is -2.31. The van der Waals surface area contributed by atoms with E-state index in [4.69, 9.17) is 9.47 Å². The second-order valence-electron chi connectivity index (χ2n) is 5.62. The predicted octanol–water partition coefficient (Wildman–Crippen LogP) is 2.45. The van der Waals surface area contributed by atoms with Crippen molar-refractivity contribution >= 4 is 17.7 Å². The summed E-state index contributed by atoms with van der Waals surface area (Å²) in [6.07, 6.45) is -0.463. The highest BCUT2D eigenvalue weighted by atomic mass is 16.6. The number of carbonyl (C=O) groups is 3. The summed E-state index contributed by atoms with van der Waals surface area (Å²) in [6.45, 7) is 4.67. The Kier molecular flexibility index (Phi) is 4.64. The highest BCUT2D eigenvalue weighted by molar-refractivity contribution is 6.04. The van der Waals surface area contributed by atoms with Gasteiger partial charge in [-0.15, -0.1) is 0 Å². The van der Waals surface area contributed by atoms with Crippen LogP contribution < -0.4 is 0 Å². The van der Waals surface area contributed by atoms with Crippen molar-refractivity contribution in [3.8, 4) is 0 Å². The van der Waals surface area contributed by atoms with Gasteiger partial charge in [0.1, 0.15) is 17.3 Å². The number of rotatable bonds is 5. The molecular weight excluding hydrogens is 284 g/mol. The first-order valence-corrected chi connectivity index (χ1v) is 7.34. The van der Waals surface area contributed by atoms with Gasteiger partial charge in [0.05, 0.1) is 12.5 Å². The van der Waals surface area contributed by atoms with Gasteiger partial charge < -0.3 is 9.47 Å². The lowest BCUT2D eigenvalue weighted by Crippen LogP contribution is -2.41. The van der Waals surface area contributed by atoms with Crippen molar-refractivity contribution in [2.75, 3.05) is 6.61 Å². The van der Waals surface area contributed by atoms with Crippen LogP contribution in [0.25, 0.3) is 0 Å². The van der Waals surface area contributed by atoms with Crippen LogP contribution in [-0.4, -0.2) is 24.3 Å². The van der Waals surface area contributed by atoms with E-state index in [0.717, 1.165) is 5.56 Å². The van der Waals surface area contributed by atoms with Crippen molar-refractivity contribution in [2.45, 2.75) is 33.3 Å². The molecule has 1 aliphatic heterocycles. The molecular formula is C17H20O5. The summed E-state index contributed by atoms with van der Waals surface area (Å²) in [6, 6.07) is 9.12. The topological polar surface area (TPSA) is 69.7 Å². The van der Waals surface area contributed by atoms with Crippen LogP contribution in [0.2, 0.25) is 0 Å². The fraction of sp³-hybridized carbons (Fsp3) is 0.471. The largest absolute Gasteiger partial charge is 0.464 e. The zero-order valence-electron chi connectivity index (χ0n) is 13.0. The normalized spacial score (nSPS) is 25.4. The van der Waals surface area contributed by atoms with Crippen molar-refractivity contribution in [3.05, 3.63) is 35.9 Å². The Balaban J connectivity index is 2.44. The summed E-state index contributed by atoms with van der Waals surface area (Å²) in [4.78, 5) is 36.0. The van der Waals surface area contributed by atoms with E-state index in [0.29, 0.717) is 0 Å². The van der Waals surface area contributed by atoms with Gasteiger partial charge >= 0.3 is 11.9 Å². The molecule has 1 aromatic carbocycles. The number of carbonyl (C=O) groups excluding carboxylic acids is 3. The van der Waals surface area contributed by atoms with Crippen molar-refractivity contribution < 1.29 is 23.9 Å². The van der Waals surface area contributed by atoms with E-state index in [-0.39, 0.29) is 18.8 Å². The van der Waals surface area contributed by atoms with Gasteiger partial charge in [-0.1, -0.05) is 37.3 Å². The van der Waals surface area contributed by atoms with E-state index in [1.807, 2.05) is 30.3 Å². The van der Waals surface area contributed by atoms with Gasteiger partial charge in [-0.25, -0.2) is 0 Å². The number of cyclic esters (lactones) is 1. The minimum absolute atomic E-state index is 0.0634. The lowest BCUT2D eigenvalue weighted by atomic mass is 9.71. The molecule has 1 aliphatic rings. The van der Waals surface area contributed by atoms with Crippen molar-refractivity contribution in [2.24, 2.45) is 11.3 Å². The Morgan fingerprint density at radius 1 is 1.36 bits per heavy atom. The van der Waals surface area contributed by atoms with Crippen LogP contribution in [0.4, 0.5) is 0 Å². The molecule has 0 bridgehead atoms. The maximum atomic E-state index is 12.3. The van der Waals surface area contributed by atoms with Crippen molar-refractivity contribution in [1.29, 1.82) is 0 Å². The smallest absolute Gasteiger partial charge is 0.319 e. The van der Waals surface area contributed by atoms with Crippen LogP contribution in [0, 0.1) is 11.3 Å². The molecule has 0 N–H and O–H groups in total. The SMILES string of the molecule is CCC(=O)[C@@]1(C)C(=O)OC[C@@H]1[C@@H](OC(C)=O)c1ccccc1. The molecule has 1 aromatic rings. The number of hydrogen-bond donors (Lipinski definition) is 0. The van der Waals surface area contributed by atoms with Gasteiger partial charge in [0.15, 0.2) is 0 Å². The van der Waals surface area contributed by atoms with Gasteiger partial charge in [0, 0.05) is 13.3 Å². The number of esters is 2. The highest BCUT2D eigenvalue weighted by Gasteiger charge is 2.57. The minimum atomic E-state index is -1.29. The third kappa shape index (κ3) is 2.75. The van der Waals surface area contributed by atoms with Crippen LogP contribution in [0.1, 0.15) is 38.9 Å². The predicted molar refractivity (Wildman–Crippen MR) is 78.8 cm³/mol. The van der Waals surface area contributed by atoms with Crippen LogP contribution in [0.3, 0.4) is 0 Å². The van der Waals surface area contributed by atoms with Gasteiger partial charge in [-0.3, -0.25) is 14.4 Å². The van der Waals surface area contributed by atoms with Gasteiger partial charge in [-0.05, 0) is 12.5 Å². The van der Waals surface area contributed by atoms with Crippen LogP contribution >= 0.6 is 0 Å². The number of ether oxygens (including phenoxy) is 2. The van der Waals surface area contributed by atoms with Crippen LogP contribution in [0.15, 0.2) is 30.3 Å². The summed E-state index contributed by atoms with van der Waals surface area (Å²) in [7, 11) is 0. The summed E-state index contributed by atoms with van der Waals surface area (Å²) >= 11 is 0. The maximum Gasteiger partial charge on any atom is 0.319 e. The van der Waals surface area contributed by atoms with Gasteiger partial charge in [0.2, 0.25) is 0 Å². The van der Waals surface area contributed by atoms with Crippen LogP contribution in [0.5, 0.6) is 0 Å². The van der Waals surface area contributed by atoms with Crippen molar-refractivity contribution in [3.63, 3.8) is 0 Å². The monoisotopic (exact) mass is 304 g/mol. The lowest BCUT2D eigenvalue weighted by molar-refractivity contribution is -0.158. The number of ketones is 1. The average Bonchev–Trinajstić information content (AvgIpc) is 2.81. The van der Waals surface area contributed by atoms with Gasteiger partial charge in [-0.2, -0.15) is 0 Å². The molecule has 1 heterocycles. The second-order valence-corrected chi connectivity index (χ2v) is 5.62. The first-order chi connectivity index (χ1) is 10.4. The first kappa shape index (κ1) is 16.2. The Hall–Kier alpha value is -2.17. The van der Waals surface area contributed by atoms with Crippen molar-refractivity contribution in [1.82, 2.24) is 0 Å². The molecule has 0 aromatic heterocycles. The number of hydrogen-bond acceptors (Lipinski definition) is 5. The molecule has 0 saturated carbocycles. The third-order valence-electron chi connectivity index (χ3n) is 4.25. The molecule has 5 heteroatoms. The zero-order valence-corrected chi connectivity index (χ0v) is 13.0. The summed E-state index contributed by atoms with van der Waals surface area (Å²) in [5, 5.41) is 0. The summed E-state index contributed by atoms with van der Waals surface area (Å²) in [5.74, 6) is -1.73. The molecule has 5 nitrogen and oxygen atoms in total. The second kappa shape index (κ2) is 6.30. The molecule has 1 saturated heterocycles. The fourth-order valence-corrected chi connectivity index (χ4v) is 2.92. The molecule has 3 atom stereocenters. The molecule has 2 rings (SSSR count). The Morgan fingerprint density at radius 3 is 2.55 bits per heavy atom. The zero-order chi connectivity index (χ0) is 16.3. The molecule has 0 spiro atoms. The average molecular weight is 304 g/mol. The van der Waals surface area contributed by atoms with Gasteiger partial charge in [0.25, 0.3) is 0 Å². The van der Waals surface area contributed by atoms with Crippen LogP contribution in [-0.2, 0) is 23.9 Å². The molecule has 0 unspecified atom stereocenters. The Morgan fingerprint density at radius 2 is 2.00 bits per heavy atom. The van der Waals surface area contributed by atoms with E-state index in [1.54, 1.807) is 13.8 Å². The third-order valence-corrected chi connectivity index (χ3v) is 4.25. The summed E-state index contributed by atoms with van der Waals surface area (Å²) < 4.78 is 10.6. The molecule has 0 radical (unpaired) electrons. The highest BCUT2D eigenvalue weighted by Crippen LogP contribution is 2.45. The van der Waals surface area contributed by atoms with E-state index < -0.39 is 29.4 Å². The standard InChI is InChI=1S/C17H20O5/c1-4-14(19)17(3)13(10-21-16(17)20)15(22-11(2)18)12-8-6-5-7-9-12/h5-9,13,15H,4,10H2,1-3H3/t13-,15+,17+/m1/s1. The maximum absolute atomic E-state index is 12.3. The Bertz CT molecular complexity index is 580. The first-order valence-electron chi connectivity index (χ1n) is 7.34. The minimum Gasteiger partial charge on any atom is -0.464 e. The van der Waals surface area contributed by atoms with E-state index >= 15 is 0 Å². The van der Waals surface area contributed by atoms with E-state index in [2.05, 4.69) is 0 Å². The molecule has 0 amide bonds. The number of Topliss-reactive ketones (excluding diaryl/α,β-unsaturated/α-hetero) is 1. The molecule has 22 heavy (non-hydrogen) atoms. The quantitative estimate of drug-likeness (QED) is 0.617. The molecule has 0 aliphatic carbocycles. The van der Waals surface area contributed by atoms with E-state index in [1.165, 1.54) is 6.92 Å². The molecule has 1 fully saturated rings. The summed E-state index contributed by atoms with van der Waals surface area (Å²) in [5.41, 5.74) is -0.541. The van der Waals surface area contributed by atoms with E-state index in [9.17, 15) is 14.4 Å².